The van der Waals surface area contributed by atoms with Crippen LogP contribution in [0.4, 0.5) is 0 Å². The Hall–Kier alpha value is 0. The fourth-order valence-corrected chi connectivity index (χ4v) is 1.91. The minimum atomic E-state index is 0.946. The van der Waals surface area contributed by atoms with Gasteiger partial charge in [-0.3, -0.25) is 0 Å². The zero-order valence-corrected chi connectivity index (χ0v) is 8.69. The fourth-order valence-electron chi connectivity index (χ4n) is 1.91. The topological polar surface area (TPSA) is 0 Å². The number of hydrogen-bond donors (Lipinski definition) is 0. The van der Waals surface area contributed by atoms with Crippen LogP contribution < -0.4 is 0 Å². The normalized spacial score (nSPS) is 16.4. The highest BCUT2D eigenvalue weighted by molar-refractivity contribution is 4.58. The van der Waals surface area contributed by atoms with Crippen LogP contribution in [-0.2, 0) is 0 Å². The van der Waals surface area contributed by atoms with Crippen LogP contribution in [0, 0.1) is 11.8 Å². The van der Waals surface area contributed by atoms with E-state index in [1.807, 2.05) is 0 Å². The van der Waals surface area contributed by atoms with E-state index in [9.17, 15) is 0 Å². The van der Waals surface area contributed by atoms with Gasteiger partial charge in [0.1, 0.15) is 0 Å². The molecule has 0 rings (SSSR count). The SMILES string of the molecule is CCC[C@@H](C)C[C@@H](C)CCC. The van der Waals surface area contributed by atoms with Crippen molar-refractivity contribution in [3.05, 3.63) is 0 Å². The lowest BCUT2D eigenvalue weighted by molar-refractivity contribution is 0.373. The Bertz CT molecular complexity index is 66.1. The van der Waals surface area contributed by atoms with Crippen molar-refractivity contribution in [1.29, 1.82) is 0 Å². The lowest BCUT2D eigenvalue weighted by Gasteiger charge is -2.15. The molecule has 0 heteroatoms. The van der Waals surface area contributed by atoms with Gasteiger partial charge in [-0.2, -0.15) is 0 Å². The van der Waals surface area contributed by atoms with Crippen molar-refractivity contribution < 1.29 is 0 Å². The van der Waals surface area contributed by atoms with Crippen molar-refractivity contribution in [2.45, 2.75) is 59.8 Å². The van der Waals surface area contributed by atoms with E-state index in [1.165, 1.54) is 32.1 Å². The van der Waals surface area contributed by atoms with E-state index in [0.29, 0.717) is 0 Å². The standard InChI is InChI=1S/C11H24/c1-5-7-10(3)9-11(4)8-6-2/h10-11H,5-9H2,1-4H3/t10-,11+. The second-order valence-corrected chi connectivity index (χ2v) is 4.02. The first kappa shape index (κ1) is 11.0. The van der Waals surface area contributed by atoms with E-state index < -0.39 is 0 Å². The second-order valence-electron chi connectivity index (χ2n) is 4.02. The summed E-state index contributed by atoms with van der Waals surface area (Å²) in [6.07, 6.45) is 6.95. The maximum Gasteiger partial charge on any atom is -0.0440 e. The predicted octanol–water partition coefficient (Wildman–Crippen LogP) is 4.25. The van der Waals surface area contributed by atoms with Gasteiger partial charge < -0.3 is 0 Å². The Kier molecular flexibility index (Phi) is 6.69. The molecule has 0 aliphatic carbocycles. The molecule has 0 saturated heterocycles. The molecule has 0 aliphatic rings. The monoisotopic (exact) mass is 156 g/mol. The van der Waals surface area contributed by atoms with E-state index in [4.69, 9.17) is 0 Å². The molecule has 0 unspecified atom stereocenters. The summed E-state index contributed by atoms with van der Waals surface area (Å²) in [6.45, 7) is 9.33. The van der Waals surface area contributed by atoms with Crippen molar-refractivity contribution in [3.8, 4) is 0 Å². The van der Waals surface area contributed by atoms with Crippen molar-refractivity contribution in [2.75, 3.05) is 0 Å². The third kappa shape index (κ3) is 6.40. The summed E-state index contributed by atoms with van der Waals surface area (Å²) in [7, 11) is 0. The van der Waals surface area contributed by atoms with Gasteiger partial charge in [0.2, 0.25) is 0 Å². The molecular formula is C11H24. The van der Waals surface area contributed by atoms with Gasteiger partial charge in [0.05, 0.1) is 0 Å². The third-order valence-corrected chi connectivity index (χ3v) is 2.37. The van der Waals surface area contributed by atoms with E-state index in [-0.39, 0.29) is 0 Å². The zero-order chi connectivity index (χ0) is 8.69. The Morgan fingerprint density at radius 3 is 1.45 bits per heavy atom. The van der Waals surface area contributed by atoms with Crippen molar-refractivity contribution in [1.82, 2.24) is 0 Å². The molecule has 0 aromatic rings. The largest absolute Gasteiger partial charge is 0.0654 e. The molecule has 0 aromatic heterocycles. The molecule has 0 amide bonds. The highest BCUT2D eigenvalue weighted by Crippen LogP contribution is 2.19. The lowest BCUT2D eigenvalue weighted by atomic mass is 9.91. The molecule has 0 saturated carbocycles. The van der Waals surface area contributed by atoms with E-state index in [2.05, 4.69) is 27.7 Å². The maximum atomic E-state index is 2.38. The van der Waals surface area contributed by atoms with Crippen LogP contribution in [0.3, 0.4) is 0 Å². The summed E-state index contributed by atoms with van der Waals surface area (Å²) >= 11 is 0. The smallest absolute Gasteiger partial charge is 0.0440 e. The first-order valence-electron chi connectivity index (χ1n) is 5.20. The molecule has 0 N–H and O–H groups in total. The molecule has 68 valence electrons. The Labute approximate surface area is 72.4 Å². The highest BCUT2D eigenvalue weighted by Gasteiger charge is 2.06. The summed E-state index contributed by atoms with van der Waals surface area (Å²) in [5.74, 6) is 1.89. The van der Waals surface area contributed by atoms with Crippen molar-refractivity contribution >= 4 is 0 Å². The van der Waals surface area contributed by atoms with Gasteiger partial charge in [-0.1, -0.05) is 53.4 Å². The van der Waals surface area contributed by atoms with E-state index in [0.717, 1.165) is 11.8 Å². The molecule has 2 atom stereocenters. The number of hydrogen-bond acceptors (Lipinski definition) is 0. The Morgan fingerprint density at radius 1 is 0.818 bits per heavy atom. The molecule has 0 spiro atoms. The summed E-state index contributed by atoms with van der Waals surface area (Å²) in [6, 6.07) is 0. The van der Waals surface area contributed by atoms with Crippen LogP contribution in [0.25, 0.3) is 0 Å². The van der Waals surface area contributed by atoms with Gasteiger partial charge in [0, 0.05) is 0 Å². The van der Waals surface area contributed by atoms with Crippen LogP contribution in [-0.4, -0.2) is 0 Å². The summed E-state index contributed by atoms with van der Waals surface area (Å²) in [4.78, 5) is 0. The average Bonchev–Trinajstić information content (AvgIpc) is 1.87. The quantitative estimate of drug-likeness (QED) is 0.539. The van der Waals surface area contributed by atoms with Crippen LogP contribution in [0.2, 0.25) is 0 Å². The van der Waals surface area contributed by atoms with Crippen molar-refractivity contribution in [2.24, 2.45) is 11.8 Å². The summed E-state index contributed by atoms with van der Waals surface area (Å²) in [5.41, 5.74) is 0. The fraction of sp³-hybridized carbons (Fsp3) is 1.00. The van der Waals surface area contributed by atoms with Crippen LogP contribution >= 0.6 is 0 Å². The van der Waals surface area contributed by atoms with E-state index in [1.54, 1.807) is 0 Å². The van der Waals surface area contributed by atoms with Crippen LogP contribution in [0.1, 0.15) is 59.8 Å². The third-order valence-electron chi connectivity index (χ3n) is 2.37. The lowest BCUT2D eigenvalue weighted by Crippen LogP contribution is -2.02. The second kappa shape index (κ2) is 6.69. The van der Waals surface area contributed by atoms with Gasteiger partial charge in [-0.25, -0.2) is 0 Å². The Morgan fingerprint density at radius 2 is 1.18 bits per heavy atom. The number of rotatable bonds is 6. The predicted molar refractivity (Wildman–Crippen MR) is 52.8 cm³/mol. The average molecular weight is 156 g/mol. The minimum Gasteiger partial charge on any atom is -0.0654 e. The summed E-state index contributed by atoms with van der Waals surface area (Å²) < 4.78 is 0. The van der Waals surface area contributed by atoms with Gasteiger partial charge in [-0.05, 0) is 18.3 Å². The summed E-state index contributed by atoms with van der Waals surface area (Å²) in [5, 5.41) is 0. The first-order chi connectivity index (χ1) is 5.20. The Balaban J connectivity index is 3.32. The molecule has 11 heavy (non-hydrogen) atoms. The first-order valence-corrected chi connectivity index (χ1v) is 5.20. The molecular weight excluding hydrogens is 132 g/mol. The van der Waals surface area contributed by atoms with Crippen molar-refractivity contribution in [3.63, 3.8) is 0 Å². The van der Waals surface area contributed by atoms with Crippen LogP contribution in [0.15, 0.2) is 0 Å². The van der Waals surface area contributed by atoms with Gasteiger partial charge >= 0.3 is 0 Å². The molecule has 0 radical (unpaired) electrons. The van der Waals surface area contributed by atoms with Crippen LogP contribution in [0.5, 0.6) is 0 Å². The zero-order valence-electron chi connectivity index (χ0n) is 8.69. The molecule has 0 heterocycles. The van der Waals surface area contributed by atoms with E-state index >= 15 is 0 Å². The molecule has 0 nitrogen and oxygen atoms in total. The van der Waals surface area contributed by atoms with Gasteiger partial charge in [-0.15, -0.1) is 0 Å². The molecule has 0 aromatic carbocycles. The molecule has 0 aliphatic heterocycles. The van der Waals surface area contributed by atoms with Gasteiger partial charge in [0.25, 0.3) is 0 Å². The molecule has 0 fully saturated rings. The minimum absolute atomic E-state index is 0.946. The highest BCUT2D eigenvalue weighted by atomic mass is 14.1. The maximum absolute atomic E-state index is 2.38. The van der Waals surface area contributed by atoms with Gasteiger partial charge in [0.15, 0.2) is 0 Å². The molecule has 0 bridgehead atoms.